The molecule has 4 aromatic rings. The van der Waals surface area contributed by atoms with E-state index in [1.165, 1.54) is 17.2 Å². The summed E-state index contributed by atoms with van der Waals surface area (Å²) in [6.07, 6.45) is 0.422. The molecule has 0 spiro atoms. The van der Waals surface area contributed by atoms with Gasteiger partial charge in [-0.1, -0.05) is 30.3 Å². The van der Waals surface area contributed by atoms with E-state index >= 15 is 0 Å². The number of hydrogen-bond donors (Lipinski definition) is 6. The first kappa shape index (κ1) is 32.2. The standard InChI is InChI=1S/C31H40N8O6/c32-23(31(42)43)11-15-38(14-5-12-34-13-10-20-6-4-9-22(16-20)44-21-7-2-1-3-8-21)17-24-26(40)27(41)30(45-24)39-19-37-25-28(33)35-18-36-29(25)39/h1-4,6-9,16,18-19,23-24,26-27,30,34,40-41H,5,10-15,17,32H2,(H,42,43)(H2,33,35,36)/t23-,24+,26+,27+,30+/m0/s1. The summed E-state index contributed by atoms with van der Waals surface area (Å²) in [6.45, 7) is 2.74. The minimum Gasteiger partial charge on any atom is -0.480 e. The number of nitrogens with two attached hydrogens (primary N) is 2. The molecule has 14 nitrogen and oxygen atoms in total. The monoisotopic (exact) mass is 620 g/mol. The van der Waals surface area contributed by atoms with Crippen molar-refractivity contribution in [2.24, 2.45) is 5.73 Å². The number of anilines is 1. The second kappa shape index (κ2) is 15.2. The maximum absolute atomic E-state index is 11.3. The summed E-state index contributed by atoms with van der Waals surface area (Å²) in [6, 6.07) is 16.6. The maximum Gasteiger partial charge on any atom is 0.320 e. The van der Waals surface area contributed by atoms with Crippen LogP contribution in [-0.2, 0) is 16.0 Å². The lowest BCUT2D eigenvalue weighted by Gasteiger charge is -2.27. The Morgan fingerprint density at radius 3 is 2.64 bits per heavy atom. The molecule has 5 rings (SSSR count). The van der Waals surface area contributed by atoms with Crippen LogP contribution in [0.15, 0.2) is 67.3 Å². The predicted molar refractivity (Wildman–Crippen MR) is 166 cm³/mol. The molecule has 14 heteroatoms. The molecule has 2 aromatic heterocycles. The Morgan fingerprint density at radius 2 is 1.84 bits per heavy atom. The zero-order valence-corrected chi connectivity index (χ0v) is 24.9. The van der Waals surface area contributed by atoms with Gasteiger partial charge < -0.3 is 46.5 Å². The smallest absolute Gasteiger partial charge is 0.320 e. The summed E-state index contributed by atoms with van der Waals surface area (Å²) in [5, 5.41) is 34.5. The van der Waals surface area contributed by atoms with E-state index in [-0.39, 0.29) is 18.8 Å². The van der Waals surface area contributed by atoms with Gasteiger partial charge in [0.1, 0.15) is 47.7 Å². The molecule has 1 saturated heterocycles. The van der Waals surface area contributed by atoms with Crippen LogP contribution < -0.4 is 21.5 Å². The third-order valence-electron chi connectivity index (χ3n) is 7.81. The first-order valence-corrected chi connectivity index (χ1v) is 15.0. The molecule has 0 bridgehead atoms. The third kappa shape index (κ3) is 8.30. The Labute approximate surface area is 260 Å². The number of imidazole rings is 1. The lowest BCUT2D eigenvalue weighted by Crippen LogP contribution is -2.43. The number of rotatable bonds is 16. The normalized spacial score (nSPS) is 20.5. The molecule has 0 amide bonds. The Hall–Kier alpha value is -4.18. The third-order valence-corrected chi connectivity index (χ3v) is 7.81. The van der Waals surface area contributed by atoms with Gasteiger partial charge in [0.05, 0.1) is 6.33 Å². The van der Waals surface area contributed by atoms with E-state index in [0.29, 0.717) is 24.3 Å². The summed E-state index contributed by atoms with van der Waals surface area (Å²) >= 11 is 0. The number of para-hydroxylation sites is 1. The van der Waals surface area contributed by atoms with Crippen LogP contribution in [0.3, 0.4) is 0 Å². The van der Waals surface area contributed by atoms with Crippen molar-refractivity contribution in [1.29, 1.82) is 0 Å². The fourth-order valence-corrected chi connectivity index (χ4v) is 5.33. The molecular formula is C31H40N8O6. The number of carboxylic acid groups (broad SMARTS) is 1. The molecule has 0 radical (unpaired) electrons. The van der Waals surface area contributed by atoms with Gasteiger partial charge in [0.15, 0.2) is 17.7 Å². The van der Waals surface area contributed by atoms with Crippen LogP contribution in [0, 0.1) is 0 Å². The fourth-order valence-electron chi connectivity index (χ4n) is 5.33. The molecule has 1 aliphatic heterocycles. The number of carbonyl (C=O) groups is 1. The van der Waals surface area contributed by atoms with Crippen molar-refractivity contribution in [3.05, 3.63) is 72.8 Å². The lowest BCUT2D eigenvalue weighted by atomic mass is 10.1. The number of nitrogen functional groups attached to an aromatic ring is 1. The van der Waals surface area contributed by atoms with E-state index in [4.69, 9.17) is 20.9 Å². The Balaban J connectivity index is 1.12. The van der Waals surface area contributed by atoms with E-state index in [0.717, 1.165) is 43.0 Å². The number of carboxylic acids is 1. The van der Waals surface area contributed by atoms with Crippen LogP contribution in [0.4, 0.5) is 5.82 Å². The number of nitrogens with zero attached hydrogens (tertiary/aromatic N) is 5. The van der Waals surface area contributed by atoms with Gasteiger partial charge in [-0.25, -0.2) is 15.0 Å². The highest BCUT2D eigenvalue weighted by atomic mass is 16.6. The maximum atomic E-state index is 11.3. The molecule has 2 aromatic carbocycles. The van der Waals surface area contributed by atoms with E-state index in [9.17, 15) is 20.1 Å². The summed E-state index contributed by atoms with van der Waals surface area (Å²) in [4.78, 5) is 25.7. The van der Waals surface area contributed by atoms with Gasteiger partial charge in [-0.05, 0) is 68.7 Å². The van der Waals surface area contributed by atoms with Crippen molar-refractivity contribution in [3.63, 3.8) is 0 Å². The van der Waals surface area contributed by atoms with E-state index in [1.807, 2.05) is 53.4 Å². The Bertz CT molecular complexity index is 1540. The van der Waals surface area contributed by atoms with Gasteiger partial charge in [-0.15, -0.1) is 0 Å². The van der Waals surface area contributed by atoms with E-state index < -0.39 is 36.6 Å². The first-order chi connectivity index (χ1) is 21.8. The van der Waals surface area contributed by atoms with Gasteiger partial charge in [-0.2, -0.15) is 0 Å². The summed E-state index contributed by atoms with van der Waals surface area (Å²) in [7, 11) is 0. The molecule has 5 atom stereocenters. The molecular weight excluding hydrogens is 580 g/mol. The quantitative estimate of drug-likeness (QED) is 0.0973. The van der Waals surface area contributed by atoms with E-state index in [2.05, 4.69) is 26.3 Å². The molecule has 240 valence electrons. The van der Waals surface area contributed by atoms with Crippen molar-refractivity contribution in [2.75, 3.05) is 38.5 Å². The zero-order chi connectivity index (χ0) is 31.8. The second-order valence-electron chi connectivity index (χ2n) is 11.1. The Morgan fingerprint density at radius 1 is 1.04 bits per heavy atom. The highest BCUT2D eigenvalue weighted by Crippen LogP contribution is 2.32. The number of aliphatic hydroxyl groups excluding tert-OH is 2. The summed E-state index contributed by atoms with van der Waals surface area (Å²) in [5.41, 5.74) is 13.6. The number of ether oxygens (including phenoxy) is 2. The Kier molecular flexibility index (Phi) is 10.9. The van der Waals surface area contributed by atoms with Crippen LogP contribution in [0.5, 0.6) is 11.5 Å². The highest BCUT2D eigenvalue weighted by molar-refractivity contribution is 5.81. The predicted octanol–water partition coefficient (Wildman–Crippen LogP) is 1.15. The first-order valence-electron chi connectivity index (χ1n) is 15.0. The molecule has 1 aliphatic rings. The molecule has 45 heavy (non-hydrogen) atoms. The summed E-state index contributed by atoms with van der Waals surface area (Å²) in [5.74, 6) is 0.701. The molecule has 0 aliphatic carbocycles. The SMILES string of the molecule is Nc1ncnc2c1ncn2[C@@H]1O[C@H](CN(CCCNCCc2cccc(Oc3ccccc3)c2)CC[C@H](N)C(=O)O)[C@@H](O)[C@H]1O. The number of nitrogens with one attached hydrogen (secondary N) is 1. The largest absolute Gasteiger partial charge is 0.480 e. The van der Waals surface area contributed by atoms with Crippen LogP contribution in [0.1, 0.15) is 24.6 Å². The van der Waals surface area contributed by atoms with Gasteiger partial charge in [0.25, 0.3) is 0 Å². The molecule has 8 N–H and O–H groups in total. The van der Waals surface area contributed by atoms with Crippen LogP contribution in [0.25, 0.3) is 11.2 Å². The van der Waals surface area contributed by atoms with Crippen molar-refractivity contribution in [1.82, 2.24) is 29.7 Å². The number of aliphatic hydroxyl groups is 2. The van der Waals surface area contributed by atoms with Crippen LogP contribution >= 0.6 is 0 Å². The highest BCUT2D eigenvalue weighted by Gasteiger charge is 2.44. The van der Waals surface area contributed by atoms with Crippen molar-refractivity contribution < 1.29 is 29.6 Å². The van der Waals surface area contributed by atoms with Gasteiger partial charge >= 0.3 is 5.97 Å². The van der Waals surface area contributed by atoms with Crippen molar-refractivity contribution in [2.45, 2.75) is 49.8 Å². The lowest BCUT2D eigenvalue weighted by molar-refractivity contribution is -0.138. The zero-order valence-electron chi connectivity index (χ0n) is 24.9. The topological polar surface area (TPSA) is 207 Å². The van der Waals surface area contributed by atoms with Gasteiger partial charge in [-0.3, -0.25) is 9.36 Å². The van der Waals surface area contributed by atoms with Gasteiger partial charge in [0, 0.05) is 13.1 Å². The molecule has 3 heterocycles. The van der Waals surface area contributed by atoms with Gasteiger partial charge in [0.2, 0.25) is 0 Å². The number of hydrogen-bond acceptors (Lipinski definition) is 12. The number of aliphatic carboxylic acids is 1. The number of aromatic nitrogens is 4. The minimum absolute atomic E-state index is 0.198. The average molecular weight is 621 g/mol. The van der Waals surface area contributed by atoms with Crippen LogP contribution in [-0.4, -0.2) is 103 Å². The van der Waals surface area contributed by atoms with Crippen molar-refractivity contribution in [3.8, 4) is 11.5 Å². The second-order valence-corrected chi connectivity index (χ2v) is 11.1. The molecule has 0 saturated carbocycles. The van der Waals surface area contributed by atoms with Crippen molar-refractivity contribution >= 4 is 23.0 Å². The molecule has 0 unspecified atom stereocenters. The summed E-state index contributed by atoms with van der Waals surface area (Å²) < 4.78 is 13.6. The fraction of sp³-hybridized carbons (Fsp3) is 0.419. The number of benzene rings is 2. The molecule has 1 fully saturated rings. The number of fused-ring (bicyclic) bond motifs is 1. The minimum atomic E-state index is -1.25. The van der Waals surface area contributed by atoms with Crippen LogP contribution in [0.2, 0.25) is 0 Å². The van der Waals surface area contributed by atoms with E-state index in [1.54, 1.807) is 0 Å². The average Bonchev–Trinajstić information content (AvgIpc) is 3.59.